The van der Waals surface area contributed by atoms with Crippen molar-refractivity contribution >= 4 is 5.97 Å². The van der Waals surface area contributed by atoms with Crippen molar-refractivity contribution in [3.05, 3.63) is 35.4 Å². The van der Waals surface area contributed by atoms with Crippen molar-refractivity contribution in [2.24, 2.45) is 0 Å². The van der Waals surface area contributed by atoms with Gasteiger partial charge in [-0.05, 0) is 50.7 Å². The number of hydrogen-bond donors (Lipinski definition) is 1. The summed E-state index contributed by atoms with van der Waals surface area (Å²) in [6.07, 6.45) is 4.72. The van der Waals surface area contributed by atoms with Gasteiger partial charge in [0.1, 0.15) is 0 Å². The Hall–Kier alpha value is -1.39. The SMILES string of the molecule is CCOCC[C@@]1(NCCC(=O)OCC)CCCc2ccccc21. The first-order valence-electron chi connectivity index (χ1n) is 8.78. The third-order valence-electron chi connectivity index (χ3n) is 4.56. The molecule has 0 amide bonds. The molecule has 0 radical (unpaired) electrons. The maximum absolute atomic E-state index is 11.6. The number of carbonyl (C=O) groups excluding carboxylic acids is 1. The molecule has 0 aromatic heterocycles. The number of benzene rings is 1. The van der Waals surface area contributed by atoms with Gasteiger partial charge >= 0.3 is 5.97 Å². The third-order valence-corrected chi connectivity index (χ3v) is 4.56. The number of fused-ring (bicyclic) bond motifs is 1. The van der Waals surface area contributed by atoms with Gasteiger partial charge in [-0.25, -0.2) is 0 Å². The fourth-order valence-electron chi connectivity index (χ4n) is 3.48. The van der Waals surface area contributed by atoms with E-state index in [-0.39, 0.29) is 11.5 Å². The Kier molecular flexibility index (Phi) is 7.06. The summed E-state index contributed by atoms with van der Waals surface area (Å²) < 4.78 is 10.6. The van der Waals surface area contributed by atoms with E-state index in [0.717, 1.165) is 38.9 Å². The molecule has 4 nitrogen and oxygen atoms in total. The van der Waals surface area contributed by atoms with Crippen LogP contribution in [0.3, 0.4) is 0 Å². The summed E-state index contributed by atoms with van der Waals surface area (Å²) in [4.78, 5) is 11.6. The van der Waals surface area contributed by atoms with Crippen molar-refractivity contribution in [2.45, 2.75) is 51.5 Å². The minimum atomic E-state index is -0.135. The van der Waals surface area contributed by atoms with Gasteiger partial charge in [-0.1, -0.05) is 24.3 Å². The van der Waals surface area contributed by atoms with Crippen LogP contribution in [-0.2, 0) is 26.2 Å². The lowest BCUT2D eigenvalue weighted by Gasteiger charge is -2.40. The molecule has 2 rings (SSSR count). The molecule has 0 spiro atoms. The summed E-state index contributed by atoms with van der Waals surface area (Å²) in [5.41, 5.74) is 2.70. The Balaban J connectivity index is 2.09. The van der Waals surface area contributed by atoms with Crippen molar-refractivity contribution in [1.82, 2.24) is 5.32 Å². The topological polar surface area (TPSA) is 47.6 Å². The van der Waals surface area contributed by atoms with Crippen LogP contribution in [0.4, 0.5) is 0 Å². The summed E-state index contributed by atoms with van der Waals surface area (Å²) in [7, 11) is 0. The van der Waals surface area contributed by atoms with E-state index in [1.165, 1.54) is 11.1 Å². The maximum atomic E-state index is 11.6. The normalized spacial score (nSPS) is 20.1. The average Bonchev–Trinajstić information content (AvgIpc) is 2.56. The number of esters is 1. The fourth-order valence-corrected chi connectivity index (χ4v) is 3.48. The highest BCUT2D eigenvalue weighted by Gasteiger charge is 2.35. The van der Waals surface area contributed by atoms with Crippen LogP contribution in [0.5, 0.6) is 0 Å². The van der Waals surface area contributed by atoms with E-state index in [1.807, 2.05) is 13.8 Å². The minimum Gasteiger partial charge on any atom is -0.466 e. The molecule has 4 heteroatoms. The molecule has 1 N–H and O–H groups in total. The molecule has 0 unspecified atom stereocenters. The zero-order chi connectivity index (χ0) is 16.5. The van der Waals surface area contributed by atoms with Crippen LogP contribution in [-0.4, -0.2) is 32.3 Å². The highest BCUT2D eigenvalue weighted by atomic mass is 16.5. The van der Waals surface area contributed by atoms with E-state index >= 15 is 0 Å². The first kappa shape index (κ1) is 18.0. The summed E-state index contributed by atoms with van der Waals surface area (Å²) in [6, 6.07) is 8.65. The van der Waals surface area contributed by atoms with Crippen LogP contribution >= 0.6 is 0 Å². The van der Waals surface area contributed by atoms with E-state index < -0.39 is 0 Å². The Morgan fingerprint density at radius 1 is 1.26 bits per heavy atom. The first-order chi connectivity index (χ1) is 11.2. The zero-order valence-corrected chi connectivity index (χ0v) is 14.4. The number of carbonyl (C=O) groups is 1. The van der Waals surface area contributed by atoms with E-state index in [0.29, 0.717) is 19.6 Å². The molecule has 128 valence electrons. The Morgan fingerprint density at radius 2 is 2.09 bits per heavy atom. The average molecular weight is 319 g/mol. The van der Waals surface area contributed by atoms with Gasteiger partial charge in [0.25, 0.3) is 0 Å². The standard InChI is InChI=1S/C19H29NO3/c1-3-22-15-13-19(20-14-11-18(21)23-4-2)12-7-9-16-8-5-6-10-17(16)19/h5-6,8,10,20H,3-4,7,9,11-15H2,1-2H3/t19-/m0/s1. The number of aryl methyl sites for hydroxylation is 1. The minimum absolute atomic E-state index is 0.0868. The Morgan fingerprint density at radius 3 is 2.87 bits per heavy atom. The van der Waals surface area contributed by atoms with Gasteiger partial charge in [-0.15, -0.1) is 0 Å². The second-order valence-electron chi connectivity index (χ2n) is 6.02. The smallest absolute Gasteiger partial charge is 0.307 e. The van der Waals surface area contributed by atoms with Crippen molar-refractivity contribution < 1.29 is 14.3 Å². The predicted octanol–water partition coefficient (Wildman–Crippen LogP) is 3.19. The van der Waals surface area contributed by atoms with Gasteiger partial charge in [0.2, 0.25) is 0 Å². The third kappa shape index (κ3) is 4.79. The van der Waals surface area contributed by atoms with Crippen molar-refractivity contribution in [1.29, 1.82) is 0 Å². The molecular formula is C19H29NO3. The van der Waals surface area contributed by atoms with Crippen LogP contribution in [0.2, 0.25) is 0 Å². The largest absolute Gasteiger partial charge is 0.466 e. The Labute approximate surface area is 139 Å². The van der Waals surface area contributed by atoms with Gasteiger partial charge in [-0.2, -0.15) is 0 Å². The molecule has 1 aromatic rings. The quantitative estimate of drug-likeness (QED) is 0.561. The number of hydrogen-bond acceptors (Lipinski definition) is 4. The van der Waals surface area contributed by atoms with E-state index in [9.17, 15) is 4.79 Å². The van der Waals surface area contributed by atoms with Crippen molar-refractivity contribution in [2.75, 3.05) is 26.4 Å². The Bertz CT molecular complexity index is 503. The molecule has 23 heavy (non-hydrogen) atoms. The van der Waals surface area contributed by atoms with E-state index in [4.69, 9.17) is 9.47 Å². The fraction of sp³-hybridized carbons (Fsp3) is 0.632. The van der Waals surface area contributed by atoms with Gasteiger partial charge in [0, 0.05) is 25.3 Å². The van der Waals surface area contributed by atoms with Crippen LogP contribution in [0.15, 0.2) is 24.3 Å². The number of nitrogens with one attached hydrogen (secondary N) is 1. The highest BCUT2D eigenvalue weighted by Crippen LogP contribution is 2.38. The van der Waals surface area contributed by atoms with E-state index in [1.54, 1.807) is 0 Å². The van der Waals surface area contributed by atoms with Crippen LogP contribution in [0.1, 0.15) is 50.7 Å². The maximum Gasteiger partial charge on any atom is 0.307 e. The molecule has 0 saturated heterocycles. The molecule has 0 aliphatic heterocycles. The summed E-state index contributed by atoms with van der Waals surface area (Å²) in [5.74, 6) is -0.135. The molecule has 0 saturated carbocycles. The number of rotatable bonds is 9. The zero-order valence-electron chi connectivity index (χ0n) is 14.4. The van der Waals surface area contributed by atoms with Gasteiger partial charge in [-0.3, -0.25) is 4.79 Å². The lowest BCUT2D eigenvalue weighted by molar-refractivity contribution is -0.143. The molecule has 0 bridgehead atoms. The van der Waals surface area contributed by atoms with Crippen LogP contribution in [0, 0.1) is 0 Å². The molecule has 1 aliphatic carbocycles. The van der Waals surface area contributed by atoms with Crippen molar-refractivity contribution in [3.63, 3.8) is 0 Å². The molecule has 1 aromatic carbocycles. The lowest BCUT2D eigenvalue weighted by Crippen LogP contribution is -2.46. The predicted molar refractivity (Wildman–Crippen MR) is 91.4 cm³/mol. The van der Waals surface area contributed by atoms with Gasteiger partial charge in [0.15, 0.2) is 0 Å². The van der Waals surface area contributed by atoms with Crippen LogP contribution in [0.25, 0.3) is 0 Å². The number of ether oxygens (including phenoxy) is 2. The molecular weight excluding hydrogens is 290 g/mol. The molecule has 1 aliphatic rings. The monoisotopic (exact) mass is 319 g/mol. The van der Waals surface area contributed by atoms with Crippen LogP contribution < -0.4 is 5.32 Å². The lowest BCUT2D eigenvalue weighted by atomic mass is 9.74. The first-order valence-corrected chi connectivity index (χ1v) is 8.78. The second-order valence-corrected chi connectivity index (χ2v) is 6.02. The van der Waals surface area contributed by atoms with E-state index in [2.05, 4.69) is 29.6 Å². The van der Waals surface area contributed by atoms with Gasteiger partial charge < -0.3 is 14.8 Å². The molecule has 0 fully saturated rings. The summed E-state index contributed by atoms with van der Waals surface area (Å²) in [5, 5.41) is 3.66. The van der Waals surface area contributed by atoms with Gasteiger partial charge in [0.05, 0.1) is 13.0 Å². The highest BCUT2D eigenvalue weighted by molar-refractivity contribution is 5.69. The molecule has 0 heterocycles. The van der Waals surface area contributed by atoms with Crippen molar-refractivity contribution in [3.8, 4) is 0 Å². The second kappa shape index (κ2) is 9.04. The molecule has 1 atom stereocenters. The summed E-state index contributed by atoms with van der Waals surface area (Å²) in [6.45, 7) is 6.41. The summed E-state index contributed by atoms with van der Waals surface area (Å²) >= 11 is 0.